The molecule has 0 unspecified atom stereocenters. The molecule has 42 heavy (non-hydrogen) atoms. The van der Waals surface area contributed by atoms with Crippen LogP contribution in [-0.2, 0) is 29.1 Å². The molecule has 0 bridgehead atoms. The van der Waals surface area contributed by atoms with Crippen LogP contribution in [0.15, 0.2) is 36.4 Å². The molecule has 0 aromatic heterocycles. The molecule has 4 atom stereocenters. The minimum Gasteiger partial charge on any atom is -0.488 e. The number of benzene rings is 2. The standard InChI is InChI=1S/C35H43NO6/c1-21-13-14-27-33(5,6)28(37)15-16-35(27)34(21,7)18-24-26(40-20-22-11-9-8-10-12-22)17-23-25(29(24)41-35)19-36(30(23)38)31(39)42-32(2,3)4/h8-12,17,21,27H,13-16,18-20H2,1-7H3/t21-,27-,34+,35-/m0/s1. The van der Waals surface area contributed by atoms with Crippen LogP contribution in [0.5, 0.6) is 11.5 Å². The van der Waals surface area contributed by atoms with Gasteiger partial charge in [0, 0.05) is 34.3 Å². The summed E-state index contributed by atoms with van der Waals surface area (Å²) in [6.07, 6.45) is 3.10. The van der Waals surface area contributed by atoms with Crippen molar-refractivity contribution in [1.29, 1.82) is 0 Å². The number of hydrogen-bond acceptors (Lipinski definition) is 6. The maximum Gasteiger partial charge on any atom is 0.417 e. The van der Waals surface area contributed by atoms with E-state index in [-0.39, 0.29) is 17.9 Å². The van der Waals surface area contributed by atoms with Crippen LogP contribution < -0.4 is 9.47 Å². The van der Waals surface area contributed by atoms with Gasteiger partial charge in [0.1, 0.15) is 35.1 Å². The van der Waals surface area contributed by atoms with Crippen LogP contribution >= 0.6 is 0 Å². The van der Waals surface area contributed by atoms with E-state index in [1.54, 1.807) is 26.8 Å². The van der Waals surface area contributed by atoms with Crippen molar-refractivity contribution in [3.05, 3.63) is 58.7 Å². The van der Waals surface area contributed by atoms with Gasteiger partial charge in [-0.15, -0.1) is 0 Å². The zero-order chi connectivity index (χ0) is 30.2. The first-order chi connectivity index (χ1) is 19.7. The summed E-state index contributed by atoms with van der Waals surface area (Å²) in [7, 11) is 0. The lowest BCUT2D eigenvalue weighted by molar-refractivity contribution is -0.209. The number of imide groups is 1. The highest BCUT2D eigenvalue weighted by atomic mass is 16.6. The number of carbonyl (C=O) groups is 3. The van der Waals surface area contributed by atoms with Crippen molar-refractivity contribution < 1.29 is 28.6 Å². The van der Waals surface area contributed by atoms with Gasteiger partial charge < -0.3 is 14.2 Å². The third kappa shape index (κ3) is 4.25. The Morgan fingerprint density at radius 1 is 1.07 bits per heavy atom. The van der Waals surface area contributed by atoms with Gasteiger partial charge in [-0.3, -0.25) is 9.59 Å². The molecule has 2 saturated carbocycles. The number of rotatable bonds is 3. The van der Waals surface area contributed by atoms with E-state index < -0.39 is 28.6 Å². The molecule has 2 aromatic carbocycles. The van der Waals surface area contributed by atoms with Crippen molar-refractivity contribution in [2.24, 2.45) is 22.7 Å². The third-order valence-electron chi connectivity index (χ3n) is 10.7. The highest BCUT2D eigenvalue weighted by molar-refractivity contribution is 6.07. The Morgan fingerprint density at radius 3 is 2.48 bits per heavy atom. The number of fused-ring (bicyclic) bond motifs is 3. The van der Waals surface area contributed by atoms with Gasteiger partial charge in [0.25, 0.3) is 5.91 Å². The van der Waals surface area contributed by atoms with Crippen molar-refractivity contribution in [3.63, 3.8) is 0 Å². The second-order valence-corrected chi connectivity index (χ2v) is 14.6. The molecule has 2 fully saturated rings. The maximum absolute atomic E-state index is 13.7. The van der Waals surface area contributed by atoms with Gasteiger partial charge in [-0.2, -0.15) is 0 Å². The molecule has 224 valence electrons. The van der Waals surface area contributed by atoms with Gasteiger partial charge in [-0.25, -0.2) is 9.69 Å². The Kier molecular flexibility index (Phi) is 6.56. The summed E-state index contributed by atoms with van der Waals surface area (Å²) < 4.78 is 19.4. The predicted octanol–water partition coefficient (Wildman–Crippen LogP) is 7.27. The van der Waals surface area contributed by atoms with Gasteiger partial charge in [-0.1, -0.05) is 58.0 Å². The van der Waals surface area contributed by atoms with Gasteiger partial charge in [0.05, 0.1) is 12.1 Å². The molecule has 4 aliphatic rings. The minimum absolute atomic E-state index is 0.0456. The summed E-state index contributed by atoms with van der Waals surface area (Å²) in [6.45, 7) is 14.6. The fraction of sp³-hybridized carbons (Fsp3) is 0.571. The van der Waals surface area contributed by atoms with Gasteiger partial charge in [0.2, 0.25) is 0 Å². The van der Waals surface area contributed by atoms with Crippen molar-refractivity contribution in [3.8, 4) is 11.5 Å². The molecule has 0 radical (unpaired) electrons. The quantitative estimate of drug-likeness (QED) is 0.384. The highest BCUT2D eigenvalue weighted by Crippen LogP contribution is 2.66. The number of ketones is 1. The van der Waals surface area contributed by atoms with E-state index in [1.165, 1.54) is 4.90 Å². The topological polar surface area (TPSA) is 82.1 Å². The van der Waals surface area contributed by atoms with E-state index in [2.05, 4.69) is 27.7 Å². The molecule has 1 spiro atoms. The molecular weight excluding hydrogens is 530 g/mol. The summed E-state index contributed by atoms with van der Waals surface area (Å²) in [5, 5.41) is 0. The van der Waals surface area contributed by atoms with Gasteiger partial charge >= 0.3 is 6.09 Å². The van der Waals surface area contributed by atoms with Gasteiger partial charge in [0.15, 0.2) is 0 Å². The molecule has 2 amide bonds. The zero-order valence-corrected chi connectivity index (χ0v) is 26.0. The fourth-order valence-corrected chi connectivity index (χ4v) is 8.18. The van der Waals surface area contributed by atoms with Crippen LogP contribution in [-0.4, -0.2) is 33.9 Å². The molecule has 2 aliphatic carbocycles. The predicted molar refractivity (Wildman–Crippen MR) is 158 cm³/mol. The van der Waals surface area contributed by atoms with E-state index in [0.717, 1.165) is 24.0 Å². The van der Waals surface area contributed by atoms with E-state index in [1.807, 2.05) is 30.3 Å². The Hall–Kier alpha value is -3.35. The van der Waals surface area contributed by atoms with Crippen LogP contribution in [0.2, 0.25) is 0 Å². The minimum atomic E-state index is -0.738. The van der Waals surface area contributed by atoms with E-state index in [9.17, 15) is 14.4 Å². The summed E-state index contributed by atoms with van der Waals surface area (Å²) in [6, 6.07) is 11.7. The average molecular weight is 574 g/mol. The summed E-state index contributed by atoms with van der Waals surface area (Å²) >= 11 is 0. The molecule has 7 heteroatoms. The van der Waals surface area contributed by atoms with E-state index >= 15 is 0 Å². The van der Waals surface area contributed by atoms with Crippen molar-refractivity contribution in [1.82, 2.24) is 4.90 Å². The molecule has 6 rings (SSSR count). The number of ether oxygens (including phenoxy) is 3. The smallest absolute Gasteiger partial charge is 0.417 e. The SMILES string of the molecule is C[C@H]1CC[C@H]2C(C)(C)C(=O)CC[C@]23Oc2c(c(OCc4ccccc4)cc4c2CN(C(=O)OC(C)(C)C)C4=O)C[C@]13C. The number of nitrogens with zero attached hydrogens (tertiary/aromatic N) is 1. The first kappa shape index (κ1) is 28.8. The number of hydrogen-bond donors (Lipinski definition) is 0. The molecule has 7 nitrogen and oxygen atoms in total. The fourth-order valence-electron chi connectivity index (χ4n) is 8.18. The van der Waals surface area contributed by atoms with E-state index in [0.29, 0.717) is 60.2 Å². The first-order valence-electron chi connectivity index (χ1n) is 15.3. The highest BCUT2D eigenvalue weighted by Gasteiger charge is 2.68. The number of carbonyl (C=O) groups excluding carboxylic acids is 3. The molecular formula is C35H43NO6. The summed E-state index contributed by atoms with van der Waals surface area (Å²) in [5.41, 5.74) is 1.02. The van der Waals surface area contributed by atoms with E-state index in [4.69, 9.17) is 14.2 Å². The second kappa shape index (κ2) is 9.58. The Balaban J connectivity index is 1.49. The third-order valence-corrected chi connectivity index (χ3v) is 10.7. The second-order valence-electron chi connectivity index (χ2n) is 14.6. The lowest BCUT2D eigenvalue weighted by atomic mass is 9.44. The molecule has 0 N–H and O–H groups in total. The summed E-state index contributed by atoms with van der Waals surface area (Å²) in [4.78, 5) is 41.3. The van der Waals surface area contributed by atoms with Crippen LogP contribution in [0, 0.1) is 22.7 Å². The monoisotopic (exact) mass is 573 g/mol. The van der Waals surface area contributed by atoms with Crippen molar-refractivity contribution in [2.75, 3.05) is 0 Å². The van der Waals surface area contributed by atoms with Gasteiger partial charge in [-0.05, 0) is 64.0 Å². The van der Waals surface area contributed by atoms with Crippen molar-refractivity contribution in [2.45, 2.75) is 105 Å². The Morgan fingerprint density at radius 2 is 1.79 bits per heavy atom. The van der Waals surface area contributed by atoms with Crippen LogP contribution in [0.25, 0.3) is 0 Å². The van der Waals surface area contributed by atoms with Crippen molar-refractivity contribution >= 4 is 17.8 Å². The molecule has 2 heterocycles. The van der Waals surface area contributed by atoms with Crippen LogP contribution in [0.4, 0.5) is 4.79 Å². The van der Waals surface area contributed by atoms with Crippen LogP contribution in [0.3, 0.4) is 0 Å². The average Bonchev–Trinajstić information content (AvgIpc) is 3.25. The lowest BCUT2D eigenvalue weighted by Gasteiger charge is -2.65. The number of Topliss-reactive ketones (excluding diaryl/α,β-unsaturated/α-hetero) is 1. The molecule has 2 aliphatic heterocycles. The Labute approximate surface area is 248 Å². The molecule has 0 saturated heterocycles. The Bertz CT molecular complexity index is 1460. The largest absolute Gasteiger partial charge is 0.488 e. The molecule has 2 aromatic rings. The first-order valence-corrected chi connectivity index (χ1v) is 15.3. The number of amides is 2. The lowest BCUT2D eigenvalue weighted by Crippen LogP contribution is -2.69. The normalized spacial score (nSPS) is 29.5. The zero-order valence-electron chi connectivity index (χ0n) is 26.0. The summed E-state index contributed by atoms with van der Waals surface area (Å²) in [5.74, 6) is 1.56. The maximum atomic E-state index is 13.7. The van der Waals surface area contributed by atoms with Crippen LogP contribution in [0.1, 0.15) is 101 Å².